The van der Waals surface area contributed by atoms with E-state index in [9.17, 15) is 0 Å². The molecule has 4 nitrogen and oxygen atoms in total. The highest BCUT2D eigenvalue weighted by Gasteiger charge is 2.26. The second-order valence-corrected chi connectivity index (χ2v) is 26.7. The van der Waals surface area contributed by atoms with Gasteiger partial charge in [0.2, 0.25) is 0 Å². The molecule has 9 heteroatoms. The molecule has 0 atom stereocenters. The van der Waals surface area contributed by atoms with Gasteiger partial charge in [-0.3, -0.25) is 0 Å². The van der Waals surface area contributed by atoms with Gasteiger partial charge in [0.05, 0.1) is 63.9 Å². The van der Waals surface area contributed by atoms with E-state index in [4.69, 9.17) is 19.9 Å². The number of rotatable bonds is 4. The maximum Gasteiger partial charge on any atom is 0.0746 e. The smallest absolute Gasteiger partial charge is 0.0746 e. The summed E-state index contributed by atoms with van der Waals surface area (Å²) in [6, 6.07) is 27.6. The maximum absolute atomic E-state index is 5.79. The molecule has 0 amide bonds. The number of thiophene rings is 3. The van der Waals surface area contributed by atoms with Crippen molar-refractivity contribution in [3.63, 3.8) is 0 Å². The summed E-state index contributed by atoms with van der Waals surface area (Å²) in [6.07, 6.45) is 17.7. The van der Waals surface area contributed by atoms with E-state index in [1.54, 1.807) is 11.3 Å². The number of fused-ring (bicyclic) bond motifs is 16. The van der Waals surface area contributed by atoms with Crippen LogP contribution in [-0.4, -0.2) is 19.9 Å². The Kier molecular flexibility index (Phi) is 12.8. The van der Waals surface area contributed by atoms with E-state index in [-0.39, 0.29) is 0 Å². The minimum atomic E-state index is 0.846. The maximum atomic E-state index is 5.79. The van der Waals surface area contributed by atoms with Crippen molar-refractivity contribution in [3.8, 4) is 44.5 Å². The summed E-state index contributed by atoms with van der Waals surface area (Å²) in [5, 5.41) is 1.89. The summed E-state index contributed by atoms with van der Waals surface area (Å²) in [5.41, 5.74) is 31.0. The van der Waals surface area contributed by atoms with Gasteiger partial charge in [0.15, 0.2) is 0 Å². The molecule has 0 aliphatic carbocycles. The molecule has 0 saturated heterocycles. The average molecular weight is 1210 g/mol. The molecule has 0 spiro atoms. The van der Waals surface area contributed by atoms with Gasteiger partial charge < -0.3 is 0 Å². The van der Waals surface area contributed by atoms with Gasteiger partial charge >= 0.3 is 0 Å². The molecule has 0 unspecified atom stereocenters. The molecule has 79 heavy (non-hydrogen) atoms. The summed E-state index contributed by atoms with van der Waals surface area (Å²) in [7, 11) is 0. The molecule has 9 aromatic rings. The van der Waals surface area contributed by atoms with E-state index >= 15 is 0 Å². The van der Waals surface area contributed by atoms with Crippen LogP contribution in [0.4, 0.5) is 0 Å². The Bertz CT molecular complexity index is 4060. The van der Waals surface area contributed by atoms with Gasteiger partial charge in [-0.15, -0.1) is 34.0 Å². The van der Waals surface area contributed by atoms with E-state index in [0.717, 1.165) is 116 Å². The van der Waals surface area contributed by atoms with Crippen LogP contribution in [0.2, 0.25) is 0 Å². The molecule has 13 rings (SSSR count). The molecule has 388 valence electrons. The highest BCUT2D eigenvalue weighted by molar-refractivity contribution is 9.13. The lowest BCUT2D eigenvalue weighted by molar-refractivity contribution is 1.28. The molecule has 5 aromatic heterocycles. The number of hydrogen-bond acceptors (Lipinski definition) is 7. The summed E-state index contributed by atoms with van der Waals surface area (Å²) in [5.74, 6) is 0. The second-order valence-electron chi connectivity index (χ2n) is 21.9. The van der Waals surface area contributed by atoms with Crippen molar-refractivity contribution in [1.82, 2.24) is 19.9 Å². The van der Waals surface area contributed by atoms with Crippen LogP contribution >= 0.6 is 65.9 Å². The highest BCUT2D eigenvalue weighted by Crippen LogP contribution is 2.50. The van der Waals surface area contributed by atoms with Crippen molar-refractivity contribution < 1.29 is 0 Å². The number of nitrogens with zero attached hydrogens (tertiary/aromatic N) is 4. The van der Waals surface area contributed by atoms with Gasteiger partial charge in [-0.25, -0.2) is 19.9 Å². The van der Waals surface area contributed by atoms with Crippen molar-refractivity contribution in [1.29, 1.82) is 0 Å². The van der Waals surface area contributed by atoms with Gasteiger partial charge in [-0.05, 0) is 255 Å². The SMILES string of the molecule is Cc1cc(C)c(-c2c3nc(c4c5nc(c(-c6c(C)cc(C)cc6C)c6ccc(s6)c(-c6c(C)cc(C)cc6C)c6nc(c(c7nc(c(-c8c(C)cc(C)cc8C)c8ccc2s8)C=C7)c2sc4c(Br)c2Br)C=C6)C=C5)C=C3)c(C)c1. The third kappa shape index (κ3) is 8.62. The number of benzene rings is 4. The lowest BCUT2D eigenvalue weighted by Gasteiger charge is -2.14. The zero-order chi connectivity index (χ0) is 55.0. The van der Waals surface area contributed by atoms with Gasteiger partial charge in [0.1, 0.15) is 0 Å². The number of hydrogen-bond donors (Lipinski definition) is 0. The zero-order valence-electron chi connectivity index (χ0n) is 46.3. The number of aromatic nitrogens is 4. The molecular weight excluding hydrogens is 1150 g/mol. The Hall–Kier alpha value is -6.72. The lowest BCUT2D eigenvalue weighted by Crippen LogP contribution is -1.93. The Morgan fingerprint density at radius 3 is 0.684 bits per heavy atom. The van der Waals surface area contributed by atoms with Crippen LogP contribution in [0, 0.1) is 83.1 Å². The molecule has 0 radical (unpaired) electrons. The molecular formula is C70H56Br2N4S3. The first-order chi connectivity index (χ1) is 37.9. The Labute approximate surface area is 491 Å². The van der Waals surface area contributed by atoms with Crippen molar-refractivity contribution >= 4 is 153 Å². The number of aryl methyl sites for hydroxylation is 12. The highest BCUT2D eigenvalue weighted by atomic mass is 79.9. The van der Waals surface area contributed by atoms with Crippen LogP contribution in [0.1, 0.15) is 112 Å². The average Bonchev–Trinajstić information content (AvgIpc) is 4.31. The molecule has 16 bridgehead atoms. The largest absolute Gasteiger partial charge is 0.248 e. The van der Waals surface area contributed by atoms with E-state index in [2.05, 4.69) is 236 Å². The van der Waals surface area contributed by atoms with E-state index in [1.807, 2.05) is 22.7 Å². The second kappa shape index (κ2) is 19.5. The van der Waals surface area contributed by atoms with E-state index in [0.29, 0.717) is 0 Å². The predicted octanol–water partition coefficient (Wildman–Crippen LogP) is 21.8. The van der Waals surface area contributed by atoms with Crippen LogP contribution in [-0.2, 0) is 0 Å². The van der Waals surface area contributed by atoms with Gasteiger partial charge in [0.25, 0.3) is 0 Å². The minimum absolute atomic E-state index is 0.846. The van der Waals surface area contributed by atoms with Crippen LogP contribution < -0.4 is 0 Å². The molecule has 4 aliphatic heterocycles. The molecule has 4 aromatic carbocycles. The van der Waals surface area contributed by atoms with E-state index < -0.39 is 0 Å². The summed E-state index contributed by atoms with van der Waals surface area (Å²) < 4.78 is 8.44. The topological polar surface area (TPSA) is 51.6 Å². The molecule has 0 fully saturated rings. The van der Waals surface area contributed by atoms with Crippen LogP contribution in [0.3, 0.4) is 0 Å². The molecule has 0 saturated carbocycles. The Morgan fingerprint density at radius 2 is 0.468 bits per heavy atom. The monoisotopic (exact) mass is 1210 g/mol. The third-order valence-corrected chi connectivity index (χ3v) is 21.9. The van der Waals surface area contributed by atoms with Crippen LogP contribution in [0.5, 0.6) is 0 Å². The minimum Gasteiger partial charge on any atom is -0.248 e. The van der Waals surface area contributed by atoms with Crippen molar-refractivity contribution in [2.45, 2.75) is 83.1 Å². The first kappa shape index (κ1) is 51.7. The Morgan fingerprint density at radius 1 is 0.266 bits per heavy atom. The van der Waals surface area contributed by atoms with Crippen molar-refractivity contribution in [2.75, 3.05) is 0 Å². The van der Waals surface area contributed by atoms with E-state index in [1.165, 1.54) is 89.0 Å². The number of halogens is 2. The molecule has 9 heterocycles. The standard InChI is InChI=1S/C70H56Br2N4S3/c1-33-25-37(5)57(38(6)26-33)63-49-17-13-45(73-49)61-46-14-19-51(74-46)65(59-41(9)29-35(3)30-42(59)10)55-23-24-56(78-55)66(60-43(11)31-36(4)32-44(60)12)52-20-16-48(76-52)62(70-68(72)67(71)69(61)79-70)47-15-18-50(75-47)64(54-22-21-53(63)77-54)58-39(7)27-34(2)28-40(58)8/h13-32H,1-12H3. The first-order valence-corrected chi connectivity index (χ1v) is 30.8. The Balaban J connectivity index is 1.31. The summed E-state index contributed by atoms with van der Waals surface area (Å²) in [6.45, 7) is 26.7. The third-order valence-electron chi connectivity index (χ3n) is 15.8. The fraction of sp³-hybridized carbons (Fsp3) is 0.171. The fourth-order valence-electron chi connectivity index (χ4n) is 13.0. The van der Waals surface area contributed by atoms with Gasteiger partial charge in [-0.1, -0.05) is 70.8 Å². The summed E-state index contributed by atoms with van der Waals surface area (Å²) >= 11 is 13.8. The lowest BCUT2D eigenvalue weighted by atomic mass is 9.93. The molecule has 0 N–H and O–H groups in total. The van der Waals surface area contributed by atoms with Crippen molar-refractivity contribution in [3.05, 3.63) is 194 Å². The van der Waals surface area contributed by atoms with Crippen molar-refractivity contribution in [2.24, 2.45) is 0 Å². The van der Waals surface area contributed by atoms with Gasteiger partial charge in [-0.2, -0.15) is 0 Å². The molecule has 4 aliphatic rings. The normalized spacial score (nSPS) is 12.7. The van der Waals surface area contributed by atoms with Crippen LogP contribution in [0.25, 0.3) is 132 Å². The predicted molar refractivity (Wildman–Crippen MR) is 353 cm³/mol. The summed E-state index contributed by atoms with van der Waals surface area (Å²) in [4.78, 5) is 23.1. The first-order valence-electron chi connectivity index (χ1n) is 26.7. The van der Waals surface area contributed by atoms with Gasteiger partial charge in [0, 0.05) is 51.8 Å². The fourth-order valence-corrected chi connectivity index (χ4v) is 18.0. The quantitative estimate of drug-likeness (QED) is 0.176. The zero-order valence-corrected chi connectivity index (χ0v) is 51.9. The van der Waals surface area contributed by atoms with Crippen LogP contribution in [0.15, 0.2) is 81.7 Å².